The number of unbranched alkanes of at least 4 members (excludes halogenated alkanes) is 8. The normalized spacial score (nSPS) is 23.8. The molecule has 2 saturated heterocycles. The second-order valence-corrected chi connectivity index (χ2v) is 23.1. The van der Waals surface area contributed by atoms with E-state index in [1.807, 2.05) is 6.92 Å². The van der Waals surface area contributed by atoms with Crippen molar-refractivity contribution >= 4 is 49.9 Å². The number of ketones is 2. The first-order chi connectivity index (χ1) is 39.7. The van der Waals surface area contributed by atoms with Crippen LogP contribution >= 0.6 is 8.15 Å². The summed E-state index contributed by atoms with van der Waals surface area (Å²) in [5.74, 6) is -10.8. The fourth-order valence-electron chi connectivity index (χ4n) is 10.4. The van der Waals surface area contributed by atoms with Gasteiger partial charge in [0.25, 0.3) is 0 Å². The van der Waals surface area contributed by atoms with Crippen LogP contribution in [0.2, 0.25) is 0 Å². The summed E-state index contributed by atoms with van der Waals surface area (Å²) in [6.07, 6.45) is 18.1. The van der Waals surface area contributed by atoms with Gasteiger partial charge in [-0.1, -0.05) is 78.7 Å². The van der Waals surface area contributed by atoms with Crippen LogP contribution in [0.15, 0.2) is 12.2 Å². The predicted molar refractivity (Wildman–Crippen MR) is 312 cm³/mol. The smallest absolute Gasteiger partial charge is 1.00 e. The van der Waals surface area contributed by atoms with Gasteiger partial charge in [-0.3, -0.25) is 28.8 Å². The maximum atomic E-state index is 14.3. The van der Waals surface area contributed by atoms with Gasteiger partial charge in [0.05, 0.1) is 32.6 Å². The molecule has 19 nitrogen and oxygen atoms in total. The standard InChI is InChI=1S/C28H44F2O7.C21H34O7.C9H17F2O2P.CH4O.CH4.Li.O2.H/c1-4-5-17-28(29,30)25(32)16-15-22-21(12-8-6-7-9-13-26(33)34-3)23(36-20(2)31)19-24(22)37-27-14-10-11-18-35-27;1-15(23)27-18-13-19(28-21-11-7-8-12-26-21)17(14-22)16(18)9-5-3-4-6-10-20(24)25-2;1-4-5-6-9(10,11)8(12)7-14(3)13-2;1-2;;;1-2;/h15-16,21-24,27H,4-14,17-19H2,1-3H3;14,16-19,21H,3-13H2,1-2H3;4-7H2,1-3H3;2H,1H3;1H4;;;/q;;;;;+1;;-1/b16-15+;;;;;;;/t21?,22-,23?,24?,27?;16?,17-,18?,19?,21?;;;;;;/m11....../s1. The Hall–Kier alpha value is -3.26. The number of aliphatic hydroxyl groups is 1. The largest absolute Gasteiger partial charge is 1.00 e. The van der Waals surface area contributed by atoms with E-state index in [1.54, 1.807) is 19.7 Å². The number of methoxy groups -OCH3 is 2. The molecule has 2 saturated carbocycles. The first-order valence-electron chi connectivity index (χ1n) is 29.5. The SMILES string of the molecule is C.CCCCC(F)(F)C(=O)/C=C/[C@H]1C(OC2CCCCO2)CC(OC(C)=O)C1CCCCCCC(=O)OC.CCCCC(F)(F)C(=O)CP(C)OC.CO.COC(=O)CCCCCCC1C(OC(C)=O)CC(OC2CCCCO2)[C@@H]1C=O.O=O.[H-].[Li+]. The van der Waals surface area contributed by atoms with Crippen LogP contribution < -0.4 is 18.9 Å². The van der Waals surface area contributed by atoms with Gasteiger partial charge in [-0.2, -0.15) is 17.6 Å². The third-order valence-electron chi connectivity index (χ3n) is 14.8. The van der Waals surface area contributed by atoms with Crippen molar-refractivity contribution in [3.05, 3.63) is 22.1 Å². The maximum Gasteiger partial charge on any atom is 1.00 e. The molecule has 2 aliphatic carbocycles. The average Bonchev–Trinajstić information content (AvgIpc) is 3.22. The van der Waals surface area contributed by atoms with Crippen LogP contribution in [0, 0.1) is 33.6 Å². The van der Waals surface area contributed by atoms with Crippen molar-refractivity contribution in [2.75, 3.05) is 54.5 Å². The Labute approximate surface area is 517 Å². The van der Waals surface area contributed by atoms with Crippen LogP contribution in [0.3, 0.4) is 0 Å². The van der Waals surface area contributed by atoms with E-state index in [0.717, 1.165) is 116 Å². The zero-order valence-electron chi connectivity index (χ0n) is 52.8. The van der Waals surface area contributed by atoms with Gasteiger partial charge in [-0.05, 0) is 89.8 Å². The second kappa shape index (κ2) is 50.6. The molecule has 85 heavy (non-hydrogen) atoms. The van der Waals surface area contributed by atoms with Crippen LogP contribution in [-0.4, -0.2) is 150 Å². The predicted octanol–water partition coefficient (Wildman–Crippen LogP) is 9.59. The molecule has 4 rings (SSSR count). The van der Waals surface area contributed by atoms with Crippen LogP contribution in [0.5, 0.6) is 0 Å². The molecular formula is C60H104F4LiO19P. The number of esters is 4. The van der Waals surface area contributed by atoms with Gasteiger partial charge in [0, 0.05) is 122 Å². The third kappa shape index (κ3) is 36.1. The van der Waals surface area contributed by atoms with Crippen molar-refractivity contribution in [3.63, 3.8) is 0 Å². The summed E-state index contributed by atoms with van der Waals surface area (Å²) in [5.41, 5.74) is 0. The fourth-order valence-corrected chi connectivity index (χ4v) is 11.1. The zero-order chi connectivity index (χ0) is 62.8. The first kappa shape index (κ1) is 85.9. The number of ether oxygens (including phenoxy) is 8. The number of aldehydes is 1. The summed E-state index contributed by atoms with van der Waals surface area (Å²) < 4.78 is 104. The van der Waals surface area contributed by atoms with Gasteiger partial charge in [0.1, 0.15) is 18.5 Å². The van der Waals surface area contributed by atoms with E-state index in [-0.39, 0.29) is 107 Å². The maximum absolute atomic E-state index is 14.3. The molecule has 0 spiro atoms. The molecule has 25 heteroatoms. The first-order valence-corrected chi connectivity index (χ1v) is 31.4. The molecule has 0 aromatic rings. The molecule has 0 radical (unpaired) electrons. The Morgan fingerprint density at radius 3 is 1.41 bits per heavy atom. The minimum Gasteiger partial charge on any atom is -1.00 e. The Bertz CT molecular complexity index is 1850. The second-order valence-electron chi connectivity index (χ2n) is 21.1. The number of hydrogen-bond donors (Lipinski definition) is 1. The molecule has 4 aliphatic rings. The van der Waals surface area contributed by atoms with E-state index in [0.29, 0.717) is 64.6 Å². The molecule has 4 fully saturated rings. The van der Waals surface area contributed by atoms with Crippen molar-refractivity contribution < 1.29 is 119 Å². The molecule has 2 heterocycles. The van der Waals surface area contributed by atoms with Crippen molar-refractivity contribution in [3.8, 4) is 0 Å². The Morgan fingerprint density at radius 2 is 1.04 bits per heavy atom. The Kier molecular flexibility index (Phi) is 51.1. The van der Waals surface area contributed by atoms with E-state index in [9.17, 15) is 51.1 Å². The summed E-state index contributed by atoms with van der Waals surface area (Å²) in [6.45, 7) is 9.34. The van der Waals surface area contributed by atoms with Gasteiger partial charge in [0.15, 0.2) is 12.6 Å². The monoisotopic (exact) mass is 1240 g/mol. The zero-order valence-corrected chi connectivity index (χ0v) is 52.7. The van der Waals surface area contributed by atoms with Gasteiger partial charge >= 0.3 is 54.6 Å². The number of hydrogen-bond acceptors (Lipinski definition) is 19. The fraction of sp³-hybridized carbons (Fsp3) is 0.850. The van der Waals surface area contributed by atoms with Crippen molar-refractivity contribution in [1.29, 1.82) is 0 Å². The molecule has 492 valence electrons. The van der Waals surface area contributed by atoms with Crippen LogP contribution in [0.25, 0.3) is 0 Å². The summed E-state index contributed by atoms with van der Waals surface area (Å²) in [6, 6.07) is 0. The van der Waals surface area contributed by atoms with E-state index < -0.39 is 62.4 Å². The van der Waals surface area contributed by atoms with Crippen LogP contribution in [0.1, 0.15) is 203 Å². The molecular weight excluding hydrogens is 1140 g/mol. The van der Waals surface area contributed by atoms with E-state index in [4.69, 9.17) is 48.0 Å². The van der Waals surface area contributed by atoms with Crippen molar-refractivity contribution in [1.82, 2.24) is 0 Å². The third-order valence-corrected chi connectivity index (χ3v) is 16.2. The topological polar surface area (TPSA) is 257 Å². The van der Waals surface area contributed by atoms with Crippen LogP contribution in [-0.2, 0) is 76.0 Å². The molecule has 2 aliphatic heterocycles. The van der Waals surface area contributed by atoms with Gasteiger partial charge in [0.2, 0.25) is 11.6 Å². The number of aliphatic hydroxyl groups excluding tert-OH is 1. The summed E-state index contributed by atoms with van der Waals surface area (Å²) >= 11 is 0. The molecule has 0 aromatic carbocycles. The van der Waals surface area contributed by atoms with Gasteiger partial charge in [-0.25, -0.2) is 0 Å². The minimum absolute atomic E-state index is 0. The summed E-state index contributed by atoms with van der Waals surface area (Å²) in [7, 11) is 4.17. The molecule has 0 bridgehead atoms. The number of carbonyl (C=O) groups is 7. The molecule has 11 atom stereocenters. The van der Waals surface area contributed by atoms with E-state index in [2.05, 4.69) is 9.47 Å². The van der Waals surface area contributed by atoms with E-state index >= 15 is 0 Å². The molecule has 1 N–H and O–H groups in total. The average molecular weight is 1240 g/mol. The van der Waals surface area contributed by atoms with Gasteiger partial charge < -0.3 is 53.7 Å². The number of halogens is 4. The number of Topliss-reactive ketones (excluding diaryl/α,β-unsaturated/α-hetero) is 1. The Balaban J connectivity index is -0.000000607. The van der Waals surface area contributed by atoms with Crippen molar-refractivity contribution in [2.24, 2.45) is 23.7 Å². The molecule has 0 aromatic heterocycles. The quantitative estimate of drug-likeness (QED) is 0.00919. The summed E-state index contributed by atoms with van der Waals surface area (Å²) in [4.78, 5) is 95.2. The minimum atomic E-state index is -3.40. The number of allylic oxidation sites excluding steroid dienone is 1. The van der Waals surface area contributed by atoms with Gasteiger partial charge in [-0.15, -0.1) is 0 Å². The van der Waals surface area contributed by atoms with E-state index in [1.165, 1.54) is 35.2 Å². The molecule has 9 unspecified atom stereocenters. The number of rotatable bonds is 34. The summed E-state index contributed by atoms with van der Waals surface area (Å²) in [5, 5.41) is 7.00. The number of carbonyl (C=O) groups excluding carboxylic acids is 7. The van der Waals surface area contributed by atoms with Crippen molar-refractivity contribution in [2.45, 2.75) is 251 Å². The number of alkyl halides is 4. The molecule has 0 amide bonds. The Morgan fingerprint density at radius 1 is 0.624 bits per heavy atom. The van der Waals surface area contributed by atoms with Crippen LogP contribution in [0.4, 0.5) is 17.6 Å².